The van der Waals surface area contributed by atoms with Gasteiger partial charge in [0.05, 0.1) is 61.9 Å². The van der Waals surface area contributed by atoms with Crippen molar-refractivity contribution in [2.75, 3.05) is 13.7 Å². The van der Waals surface area contributed by atoms with Crippen LogP contribution < -0.4 is 0 Å². The summed E-state index contributed by atoms with van der Waals surface area (Å²) in [4.78, 5) is 22.7. The molecule has 0 spiro atoms. The highest BCUT2D eigenvalue weighted by Crippen LogP contribution is 2.39. The fourth-order valence-electron chi connectivity index (χ4n) is 9.19. The van der Waals surface area contributed by atoms with E-state index in [0.29, 0.717) is 68.6 Å². The molecule has 8 bridgehead atoms. The van der Waals surface area contributed by atoms with Crippen molar-refractivity contribution >= 4 is 18.1 Å². The molecule has 5 aliphatic rings. The molecule has 2 aromatic heterocycles. The number of rotatable bonds is 6. The third-order valence-corrected chi connectivity index (χ3v) is 12.0. The molecular formula is C43H58N2O12. The summed E-state index contributed by atoms with van der Waals surface area (Å²) in [6, 6.07) is 0. The van der Waals surface area contributed by atoms with Gasteiger partial charge in [-0.1, -0.05) is 38.2 Å². The van der Waals surface area contributed by atoms with Crippen molar-refractivity contribution in [2.45, 2.75) is 152 Å². The summed E-state index contributed by atoms with van der Waals surface area (Å²) in [5.74, 6) is -1.72. The zero-order chi connectivity index (χ0) is 40.3. The summed E-state index contributed by atoms with van der Waals surface area (Å²) in [5.41, 5.74) is 3.11. The zero-order valence-corrected chi connectivity index (χ0v) is 33.4. The normalized spacial score (nSPS) is 39.5. The maximum Gasteiger partial charge on any atom is 0.330 e. The maximum absolute atomic E-state index is 13.4. The second-order valence-electron chi connectivity index (χ2n) is 16.6. The van der Waals surface area contributed by atoms with Crippen molar-refractivity contribution in [1.29, 1.82) is 0 Å². The van der Waals surface area contributed by atoms with E-state index in [1.165, 1.54) is 12.3 Å². The lowest BCUT2D eigenvalue weighted by atomic mass is 9.79. The molecule has 13 atom stereocenters. The second kappa shape index (κ2) is 18.2. The van der Waals surface area contributed by atoms with Crippen LogP contribution in [-0.4, -0.2) is 106 Å². The Hall–Kier alpha value is -3.47. The molecule has 4 saturated heterocycles. The van der Waals surface area contributed by atoms with Gasteiger partial charge in [-0.3, -0.25) is 0 Å². The van der Waals surface area contributed by atoms with Crippen molar-refractivity contribution in [1.82, 2.24) is 9.97 Å². The van der Waals surface area contributed by atoms with Gasteiger partial charge in [0.15, 0.2) is 11.7 Å². The van der Waals surface area contributed by atoms with Crippen LogP contribution in [0, 0.1) is 11.8 Å². The molecule has 3 N–H and O–H groups in total. The van der Waals surface area contributed by atoms with E-state index < -0.39 is 42.3 Å². The molecule has 0 aliphatic carbocycles. The summed E-state index contributed by atoms with van der Waals surface area (Å²) in [5, 5.41) is 31.7. The number of carbonyl (C=O) groups is 1. The van der Waals surface area contributed by atoms with Crippen molar-refractivity contribution < 1.29 is 57.4 Å². The maximum atomic E-state index is 13.4. The Labute approximate surface area is 333 Å². The first-order chi connectivity index (χ1) is 27.4. The van der Waals surface area contributed by atoms with E-state index in [2.05, 4.69) is 11.6 Å². The van der Waals surface area contributed by atoms with E-state index in [1.807, 2.05) is 39.0 Å². The number of ether oxygens (including phenoxy) is 6. The molecule has 2 aromatic rings. The average molecular weight is 795 g/mol. The Bertz CT molecular complexity index is 1770. The minimum absolute atomic E-state index is 0.0194. The van der Waals surface area contributed by atoms with Crippen LogP contribution >= 0.6 is 0 Å². The molecule has 7 rings (SSSR count). The van der Waals surface area contributed by atoms with Gasteiger partial charge in [-0.2, -0.15) is 0 Å². The fourth-order valence-corrected chi connectivity index (χ4v) is 9.19. The SMILES string of the molecule is C=C1C[C@@H]2C[C@@H]3C[C@@H](O)C[C@@H](O3)c3coc(n3)/C=C\C[C@H]3O[C@@H](/C(C)=C/c4coc(C[C@]5(O)C[C@H](OC)C[C@H](CO)O5)n4)[C@H](C)[C@@H](OC(=O)/C=C\C[C@@H](C1)O2)[C@H]3C. The largest absolute Gasteiger partial charge is 0.458 e. The number of hydrogen-bond donors (Lipinski definition) is 3. The average Bonchev–Trinajstić information content (AvgIpc) is 3.82. The number of hydrogen-bond acceptors (Lipinski definition) is 14. The van der Waals surface area contributed by atoms with Gasteiger partial charge in [0.2, 0.25) is 5.89 Å². The number of aliphatic hydroxyl groups is 3. The topological polar surface area (TPSA) is 185 Å². The number of methoxy groups -OCH3 is 1. The molecule has 0 radical (unpaired) electrons. The third-order valence-electron chi connectivity index (χ3n) is 12.0. The van der Waals surface area contributed by atoms with Crippen LogP contribution in [0.2, 0.25) is 0 Å². The molecule has 0 amide bonds. The smallest absolute Gasteiger partial charge is 0.330 e. The van der Waals surface area contributed by atoms with Gasteiger partial charge in [-0.05, 0) is 56.8 Å². The molecule has 0 unspecified atom stereocenters. The Morgan fingerprint density at radius 3 is 2.60 bits per heavy atom. The Kier molecular flexibility index (Phi) is 13.3. The number of fused-ring (bicyclic) bond motifs is 9. The van der Waals surface area contributed by atoms with E-state index in [4.69, 9.17) is 42.2 Å². The molecule has 0 saturated carbocycles. The number of nitrogens with zero attached hydrogens (tertiary/aromatic N) is 2. The Balaban J connectivity index is 1.11. The highest BCUT2D eigenvalue weighted by molar-refractivity contribution is 5.82. The van der Waals surface area contributed by atoms with E-state index in [-0.39, 0.29) is 67.7 Å². The van der Waals surface area contributed by atoms with Gasteiger partial charge < -0.3 is 52.6 Å². The minimum atomic E-state index is -1.60. The van der Waals surface area contributed by atoms with Crippen LogP contribution in [0.4, 0.5) is 0 Å². The van der Waals surface area contributed by atoms with Crippen molar-refractivity contribution in [3.05, 3.63) is 71.6 Å². The molecular weight excluding hydrogens is 736 g/mol. The predicted molar refractivity (Wildman–Crippen MR) is 206 cm³/mol. The predicted octanol–water partition coefficient (Wildman–Crippen LogP) is 5.57. The molecule has 5 aliphatic heterocycles. The highest BCUT2D eigenvalue weighted by Gasteiger charge is 2.45. The van der Waals surface area contributed by atoms with Crippen LogP contribution in [0.5, 0.6) is 0 Å². The fraction of sp³-hybridized carbons (Fsp3) is 0.651. The van der Waals surface area contributed by atoms with Crippen molar-refractivity contribution in [3.8, 4) is 0 Å². The van der Waals surface area contributed by atoms with Crippen LogP contribution in [0.15, 0.2) is 57.3 Å². The molecule has 312 valence electrons. The molecule has 7 heterocycles. The van der Waals surface area contributed by atoms with Crippen molar-refractivity contribution in [3.63, 3.8) is 0 Å². The van der Waals surface area contributed by atoms with Crippen molar-refractivity contribution in [2.24, 2.45) is 11.8 Å². The number of oxazole rings is 2. The van der Waals surface area contributed by atoms with Crippen LogP contribution in [0.25, 0.3) is 12.2 Å². The summed E-state index contributed by atoms with van der Waals surface area (Å²) in [6.07, 6.45) is 13.2. The number of aromatic nitrogens is 2. The van der Waals surface area contributed by atoms with Gasteiger partial charge in [-0.15, -0.1) is 0 Å². The van der Waals surface area contributed by atoms with Gasteiger partial charge in [-0.25, -0.2) is 14.8 Å². The standard InChI is InChI=1S/C43H58N2O12/c1-24-12-30-8-6-11-40(48)56-42-26(3)36(9-7-10-38-45-35(23-52-38)37-16-29(47)15-32(54-37)17-31(13-24)53-30)55-41(27(42)4)25(2)14-28-22-51-39(44-28)20-43(49)19-33(50-5)18-34(21-46)57-43/h6-7,10-11,14,22-23,26-27,29-34,36-37,41-42,46-47,49H,1,8-9,12-13,15-21H2,2-5H3/b10-7-,11-6-,25-14+/t26-,27-,29+,30-,31+,32-,33+,34+,36+,37+,41-,42-,43-/m0/s1. The minimum Gasteiger partial charge on any atom is -0.458 e. The first-order valence-electron chi connectivity index (χ1n) is 20.3. The van der Waals surface area contributed by atoms with Gasteiger partial charge in [0.1, 0.15) is 36.1 Å². The van der Waals surface area contributed by atoms with Crippen LogP contribution in [0.1, 0.15) is 108 Å². The van der Waals surface area contributed by atoms with E-state index in [1.54, 1.807) is 19.4 Å². The lowest BCUT2D eigenvalue weighted by Crippen LogP contribution is -2.50. The first-order valence-corrected chi connectivity index (χ1v) is 20.3. The summed E-state index contributed by atoms with van der Waals surface area (Å²) >= 11 is 0. The second-order valence-corrected chi connectivity index (χ2v) is 16.6. The summed E-state index contributed by atoms with van der Waals surface area (Å²) in [6.45, 7) is 10.0. The van der Waals surface area contributed by atoms with E-state index >= 15 is 0 Å². The van der Waals surface area contributed by atoms with E-state index in [9.17, 15) is 20.1 Å². The molecule has 57 heavy (non-hydrogen) atoms. The van der Waals surface area contributed by atoms with E-state index in [0.717, 1.165) is 11.1 Å². The zero-order valence-electron chi connectivity index (χ0n) is 33.4. The molecule has 0 aromatic carbocycles. The molecule has 4 fully saturated rings. The monoisotopic (exact) mass is 794 g/mol. The summed E-state index contributed by atoms with van der Waals surface area (Å²) < 4.78 is 48.8. The lowest BCUT2D eigenvalue weighted by molar-refractivity contribution is -0.280. The van der Waals surface area contributed by atoms with Gasteiger partial charge in [0.25, 0.3) is 0 Å². The number of aliphatic hydroxyl groups excluding tert-OH is 2. The van der Waals surface area contributed by atoms with Crippen LogP contribution in [-0.2, 0) is 39.6 Å². The van der Waals surface area contributed by atoms with Gasteiger partial charge in [0, 0.05) is 50.7 Å². The molecule has 14 heteroatoms. The third kappa shape index (κ3) is 10.4. The quantitative estimate of drug-likeness (QED) is 0.243. The highest BCUT2D eigenvalue weighted by atomic mass is 16.6. The number of carbonyl (C=O) groups excluding carboxylic acids is 1. The Morgan fingerprint density at radius 2 is 1.79 bits per heavy atom. The molecule has 14 nitrogen and oxygen atoms in total. The first kappa shape index (κ1) is 41.7. The van der Waals surface area contributed by atoms with Crippen LogP contribution in [0.3, 0.4) is 0 Å². The van der Waals surface area contributed by atoms with Gasteiger partial charge >= 0.3 is 5.97 Å². The Morgan fingerprint density at radius 1 is 0.982 bits per heavy atom. The summed E-state index contributed by atoms with van der Waals surface area (Å²) in [7, 11) is 1.57. The number of esters is 1. The lowest BCUT2D eigenvalue weighted by Gasteiger charge is -2.44.